The van der Waals surface area contributed by atoms with Gasteiger partial charge in [-0.1, -0.05) is 0 Å². The predicted octanol–water partition coefficient (Wildman–Crippen LogP) is 3.84. The Morgan fingerprint density at radius 1 is 1.12 bits per heavy atom. The monoisotopic (exact) mass is 457 g/mol. The van der Waals surface area contributed by atoms with Gasteiger partial charge in [0.2, 0.25) is 5.75 Å². The molecule has 0 aliphatic heterocycles. The molecule has 1 unspecified atom stereocenters. The van der Waals surface area contributed by atoms with E-state index >= 15 is 0 Å². The third kappa shape index (κ3) is 5.09. The van der Waals surface area contributed by atoms with Crippen LogP contribution >= 0.6 is 11.8 Å². The van der Waals surface area contributed by atoms with Gasteiger partial charge in [-0.25, -0.2) is 0 Å². The van der Waals surface area contributed by atoms with Gasteiger partial charge in [0.1, 0.15) is 0 Å². The average molecular weight is 458 g/mol. The van der Waals surface area contributed by atoms with E-state index in [1.165, 1.54) is 39.2 Å². The molecule has 0 radical (unpaired) electrons. The number of methoxy groups -OCH3 is 3. The quantitative estimate of drug-likeness (QED) is 0.242. The lowest BCUT2D eigenvalue weighted by molar-refractivity contribution is 0.104. The van der Waals surface area contributed by atoms with Crippen LogP contribution in [0.4, 0.5) is 0 Å². The first kappa shape index (κ1) is 23.7. The Kier molecular flexibility index (Phi) is 7.84. The van der Waals surface area contributed by atoms with Crippen LogP contribution in [-0.4, -0.2) is 60.8 Å². The van der Waals surface area contributed by atoms with Crippen molar-refractivity contribution in [3.05, 3.63) is 53.2 Å². The van der Waals surface area contributed by atoms with Gasteiger partial charge in [0.15, 0.2) is 17.3 Å². The molecule has 32 heavy (non-hydrogen) atoms. The first-order valence-corrected chi connectivity index (χ1v) is 11.0. The molecule has 3 aromatic rings. The summed E-state index contributed by atoms with van der Waals surface area (Å²) in [4.78, 5) is 17.1. The molecule has 3 rings (SSSR count). The Labute approximate surface area is 191 Å². The van der Waals surface area contributed by atoms with Gasteiger partial charge in [-0.3, -0.25) is 4.79 Å². The third-order valence-electron chi connectivity index (χ3n) is 5.01. The number of rotatable bonds is 10. The van der Waals surface area contributed by atoms with Crippen molar-refractivity contribution in [3.63, 3.8) is 0 Å². The van der Waals surface area contributed by atoms with Crippen molar-refractivity contribution in [3.8, 4) is 17.2 Å². The Morgan fingerprint density at radius 2 is 1.81 bits per heavy atom. The first-order valence-electron chi connectivity index (χ1n) is 9.97. The van der Waals surface area contributed by atoms with Gasteiger partial charge in [0, 0.05) is 33.3 Å². The third-order valence-corrected chi connectivity index (χ3v) is 6.32. The second-order valence-electron chi connectivity index (χ2n) is 7.17. The number of H-pyrrole nitrogens is 1. The maximum atomic E-state index is 12.8. The number of aryl methyl sites for hydroxylation is 1. The summed E-state index contributed by atoms with van der Waals surface area (Å²) in [7, 11) is 4.52. The molecule has 0 bridgehead atoms. The summed E-state index contributed by atoms with van der Waals surface area (Å²) >= 11 is 1.48. The van der Waals surface area contributed by atoms with Crippen molar-refractivity contribution in [2.24, 2.45) is 0 Å². The molecule has 2 aromatic carbocycles. The SMILES string of the molecule is COc1cc(C(=O)/C=C/c2c[nH]c3cc(C)c(SCC(O)CO)cc23)cc(OC)c1OC. The van der Waals surface area contributed by atoms with Crippen molar-refractivity contribution in [1.29, 1.82) is 0 Å². The largest absolute Gasteiger partial charge is 0.493 e. The molecular formula is C24H27NO6S. The van der Waals surface area contributed by atoms with Gasteiger partial charge < -0.3 is 29.4 Å². The van der Waals surface area contributed by atoms with Crippen LogP contribution in [0.3, 0.4) is 0 Å². The maximum absolute atomic E-state index is 12.8. The van der Waals surface area contributed by atoms with Crippen LogP contribution in [0.1, 0.15) is 21.5 Å². The van der Waals surface area contributed by atoms with Gasteiger partial charge in [0.05, 0.1) is 34.0 Å². The number of nitrogens with one attached hydrogen (secondary N) is 1. The van der Waals surface area contributed by atoms with Crippen LogP contribution in [0.25, 0.3) is 17.0 Å². The molecule has 0 saturated heterocycles. The smallest absolute Gasteiger partial charge is 0.203 e. The van der Waals surface area contributed by atoms with Crippen molar-refractivity contribution in [2.75, 3.05) is 33.7 Å². The maximum Gasteiger partial charge on any atom is 0.203 e. The van der Waals surface area contributed by atoms with E-state index in [1.54, 1.807) is 18.2 Å². The Balaban J connectivity index is 1.89. The highest BCUT2D eigenvalue weighted by molar-refractivity contribution is 7.99. The number of hydrogen-bond donors (Lipinski definition) is 3. The van der Waals surface area contributed by atoms with E-state index in [2.05, 4.69) is 4.98 Å². The molecule has 1 heterocycles. The molecular weight excluding hydrogens is 430 g/mol. The fourth-order valence-corrected chi connectivity index (χ4v) is 4.26. The number of benzene rings is 2. The van der Waals surface area contributed by atoms with E-state index in [-0.39, 0.29) is 12.4 Å². The second-order valence-corrected chi connectivity index (χ2v) is 8.23. The molecule has 0 saturated carbocycles. The van der Waals surface area contributed by atoms with Gasteiger partial charge in [-0.15, -0.1) is 11.8 Å². The van der Waals surface area contributed by atoms with Crippen LogP contribution in [0.5, 0.6) is 17.2 Å². The summed E-state index contributed by atoms with van der Waals surface area (Å²) in [6.07, 6.45) is 4.35. The summed E-state index contributed by atoms with van der Waals surface area (Å²) in [5.74, 6) is 1.46. The van der Waals surface area contributed by atoms with E-state index < -0.39 is 6.10 Å². The topological polar surface area (TPSA) is 101 Å². The van der Waals surface area contributed by atoms with E-state index in [0.29, 0.717) is 28.6 Å². The van der Waals surface area contributed by atoms with Crippen LogP contribution < -0.4 is 14.2 Å². The van der Waals surface area contributed by atoms with Gasteiger partial charge in [-0.2, -0.15) is 0 Å². The van der Waals surface area contributed by atoms with Crippen LogP contribution in [0.2, 0.25) is 0 Å². The lowest BCUT2D eigenvalue weighted by Gasteiger charge is -2.13. The molecule has 0 fully saturated rings. The van der Waals surface area contributed by atoms with Crippen molar-refractivity contribution >= 4 is 34.5 Å². The molecule has 3 N–H and O–H groups in total. The van der Waals surface area contributed by atoms with E-state index in [4.69, 9.17) is 19.3 Å². The summed E-state index contributed by atoms with van der Waals surface area (Å²) in [6, 6.07) is 7.29. The first-order chi connectivity index (χ1) is 15.4. The minimum absolute atomic E-state index is 0.202. The lowest BCUT2D eigenvalue weighted by Crippen LogP contribution is -2.14. The van der Waals surface area contributed by atoms with Crippen molar-refractivity contribution < 1.29 is 29.2 Å². The highest BCUT2D eigenvalue weighted by Gasteiger charge is 2.16. The highest BCUT2D eigenvalue weighted by Crippen LogP contribution is 2.38. The molecule has 1 atom stereocenters. The number of hydrogen-bond acceptors (Lipinski definition) is 7. The zero-order chi connectivity index (χ0) is 23.3. The number of aliphatic hydroxyl groups excluding tert-OH is 2. The number of allylic oxidation sites excluding steroid dienone is 1. The molecule has 0 aliphatic rings. The zero-order valence-electron chi connectivity index (χ0n) is 18.5. The molecule has 1 aromatic heterocycles. The van der Waals surface area contributed by atoms with E-state index in [9.17, 15) is 9.90 Å². The van der Waals surface area contributed by atoms with Crippen LogP contribution in [0, 0.1) is 6.92 Å². The molecule has 170 valence electrons. The van der Waals surface area contributed by atoms with E-state index in [1.807, 2.05) is 25.3 Å². The average Bonchev–Trinajstić information content (AvgIpc) is 3.20. The number of carbonyl (C=O) groups is 1. The lowest BCUT2D eigenvalue weighted by atomic mass is 10.1. The zero-order valence-corrected chi connectivity index (χ0v) is 19.3. The van der Waals surface area contributed by atoms with Gasteiger partial charge >= 0.3 is 0 Å². The number of ketones is 1. The van der Waals surface area contributed by atoms with Gasteiger partial charge in [-0.05, 0) is 54.5 Å². The van der Waals surface area contributed by atoms with Crippen LogP contribution in [0.15, 0.2) is 41.4 Å². The number of ether oxygens (including phenoxy) is 3. The number of aromatic nitrogens is 1. The minimum atomic E-state index is -0.767. The van der Waals surface area contributed by atoms with E-state index in [0.717, 1.165) is 26.9 Å². The second kappa shape index (κ2) is 10.6. The Morgan fingerprint density at radius 3 is 2.41 bits per heavy atom. The Hall–Kier alpha value is -2.94. The fourth-order valence-electron chi connectivity index (χ4n) is 3.30. The molecule has 0 spiro atoms. The van der Waals surface area contributed by atoms with Gasteiger partial charge in [0.25, 0.3) is 0 Å². The summed E-state index contributed by atoms with van der Waals surface area (Å²) < 4.78 is 16.0. The Bertz CT molecular complexity index is 1110. The highest BCUT2D eigenvalue weighted by atomic mass is 32.2. The fraction of sp³-hybridized carbons (Fsp3) is 0.292. The molecule has 8 heteroatoms. The number of thioether (sulfide) groups is 1. The molecule has 0 aliphatic carbocycles. The number of carbonyl (C=O) groups excluding carboxylic acids is 1. The number of aromatic amines is 1. The molecule has 0 amide bonds. The summed E-state index contributed by atoms with van der Waals surface area (Å²) in [5.41, 5.74) is 3.30. The minimum Gasteiger partial charge on any atom is -0.493 e. The predicted molar refractivity (Wildman–Crippen MR) is 126 cm³/mol. The summed E-state index contributed by atoms with van der Waals surface area (Å²) in [6.45, 7) is 1.73. The number of fused-ring (bicyclic) bond motifs is 1. The van der Waals surface area contributed by atoms with Crippen molar-refractivity contribution in [1.82, 2.24) is 4.98 Å². The normalized spacial score (nSPS) is 12.3. The van der Waals surface area contributed by atoms with Crippen LogP contribution in [-0.2, 0) is 0 Å². The molecule has 7 nitrogen and oxygen atoms in total. The summed E-state index contributed by atoms with van der Waals surface area (Å²) in [5, 5.41) is 19.7. The standard InChI is InChI=1S/C24H27NO6S/c1-14-7-19-18(10-23(14)32-13-17(27)12-26)15(11-25-19)5-6-20(28)16-8-21(29-2)24(31-4)22(9-16)30-3/h5-11,17,25-27H,12-13H2,1-4H3/b6-5+. The van der Waals surface area contributed by atoms with Crippen molar-refractivity contribution in [2.45, 2.75) is 17.9 Å². The number of aliphatic hydroxyl groups is 2.